The highest BCUT2D eigenvalue weighted by atomic mass is 32.2. The van der Waals surface area contributed by atoms with Crippen LogP contribution < -0.4 is 27.1 Å². The Hall–Kier alpha value is -7.97. The van der Waals surface area contributed by atoms with Crippen LogP contribution in [0.25, 0.3) is 44.5 Å². The molecule has 10 rings (SSSR count). The first-order valence-corrected chi connectivity index (χ1v) is 30.8. The van der Waals surface area contributed by atoms with Gasteiger partial charge in [-0.05, 0) is 106 Å². The van der Waals surface area contributed by atoms with E-state index in [0.717, 1.165) is 78.3 Å². The van der Waals surface area contributed by atoms with Gasteiger partial charge < -0.3 is 27.1 Å². The van der Waals surface area contributed by atoms with E-state index in [1.165, 1.54) is 0 Å². The van der Waals surface area contributed by atoms with Crippen molar-refractivity contribution in [1.82, 2.24) is 0 Å². The molecule has 0 aromatic heterocycles. The van der Waals surface area contributed by atoms with E-state index in [-0.39, 0.29) is 10.8 Å². The lowest BCUT2D eigenvalue weighted by Gasteiger charge is -2.27. The van der Waals surface area contributed by atoms with Crippen LogP contribution in [0, 0.1) is 0 Å². The minimum Gasteiger partial charge on any atom is -0.408 e. The van der Waals surface area contributed by atoms with Crippen molar-refractivity contribution in [2.45, 2.75) is 75.0 Å². The van der Waals surface area contributed by atoms with E-state index in [2.05, 4.69) is 151 Å². The topological polar surface area (TPSA) is 89.5 Å². The summed E-state index contributed by atoms with van der Waals surface area (Å²) < 4.78 is 59.2. The number of hydrogen-bond donors (Lipinski definition) is 0. The van der Waals surface area contributed by atoms with Crippen LogP contribution in [0.4, 0.5) is 0 Å². The molecule has 0 aliphatic rings. The molecular weight excluding hydrogens is 1090 g/mol. The summed E-state index contributed by atoms with van der Waals surface area (Å²) in [4.78, 5) is 1.72. The van der Waals surface area contributed by atoms with Crippen LogP contribution in [0.5, 0.6) is 34.5 Å². The van der Waals surface area contributed by atoms with Crippen molar-refractivity contribution in [3.8, 4) is 79.0 Å². The van der Waals surface area contributed by atoms with Crippen LogP contribution in [0.1, 0.15) is 65.5 Å². The Bertz CT molecular complexity index is 3300. The van der Waals surface area contributed by atoms with Crippen LogP contribution >= 0.6 is 29.0 Å². The van der Waals surface area contributed by atoms with Gasteiger partial charge in [0.2, 0.25) is 0 Å². The summed E-state index contributed by atoms with van der Waals surface area (Å²) in [6.07, 6.45) is 1.84. The summed E-state index contributed by atoms with van der Waals surface area (Å²) >= 11 is 0.830. The van der Waals surface area contributed by atoms with Crippen molar-refractivity contribution in [2.75, 3.05) is 0 Å². The monoisotopic (exact) mass is 1160 g/mol. The fourth-order valence-electron chi connectivity index (χ4n) is 8.90. The van der Waals surface area contributed by atoms with E-state index in [1.54, 1.807) is 11.8 Å². The maximum atomic E-state index is 8.29. The zero-order valence-corrected chi connectivity index (χ0v) is 50.1. The second-order valence-electron chi connectivity index (χ2n) is 20.4. The van der Waals surface area contributed by atoms with Gasteiger partial charge in [0.15, 0.2) is 0 Å². The van der Waals surface area contributed by atoms with Crippen molar-refractivity contribution in [3.63, 3.8) is 0 Å². The van der Waals surface area contributed by atoms with Gasteiger partial charge in [-0.2, -0.15) is 8.42 Å². The lowest BCUT2D eigenvalue weighted by Crippen LogP contribution is -2.16. The van der Waals surface area contributed by atoms with Crippen molar-refractivity contribution in [2.24, 2.45) is 0 Å². The average molecular weight is 1160 g/mol. The molecular formula is C70H64O8P2S2. The second kappa shape index (κ2) is 28.1. The van der Waals surface area contributed by atoms with Crippen LogP contribution in [0.15, 0.2) is 265 Å². The molecule has 0 N–H and O–H groups in total. The van der Waals surface area contributed by atoms with Crippen LogP contribution in [-0.2, 0) is 22.4 Å². The summed E-state index contributed by atoms with van der Waals surface area (Å²) in [5.41, 5.74) is 9.76. The molecule has 0 saturated carbocycles. The number of para-hydroxylation sites is 4. The minimum absolute atomic E-state index is 0.158. The van der Waals surface area contributed by atoms with Crippen LogP contribution in [0.2, 0.25) is 0 Å². The fourth-order valence-corrected chi connectivity index (χ4v) is 12.2. The molecule has 0 unspecified atom stereocenters. The summed E-state index contributed by atoms with van der Waals surface area (Å²) in [5, 5.41) is 0. The summed E-state index contributed by atoms with van der Waals surface area (Å²) in [6, 6.07) is 86.1. The Morgan fingerprint density at radius 1 is 0.317 bits per heavy atom. The highest BCUT2D eigenvalue weighted by molar-refractivity contribution is 7.99. The van der Waals surface area contributed by atoms with E-state index < -0.39 is 28.8 Å². The van der Waals surface area contributed by atoms with E-state index in [1.807, 2.05) is 146 Å². The van der Waals surface area contributed by atoms with Gasteiger partial charge in [-0.25, -0.2) is 0 Å². The van der Waals surface area contributed by atoms with Gasteiger partial charge in [-0.1, -0.05) is 260 Å². The van der Waals surface area contributed by atoms with Crippen LogP contribution in [0.3, 0.4) is 0 Å². The van der Waals surface area contributed by atoms with Crippen LogP contribution in [-0.4, -0.2) is 8.42 Å². The largest absolute Gasteiger partial charge is 0.530 e. The smallest absolute Gasteiger partial charge is 0.408 e. The molecule has 0 heterocycles. The predicted octanol–water partition coefficient (Wildman–Crippen LogP) is 20.7. The summed E-state index contributed by atoms with van der Waals surface area (Å²) in [5.74, 6) is 3.73. The molecule has 82 heavy (non-hydrogen) atoms. The molecule has 0 atom stereocenters. The van der Waals surface area contributed by atoms with E-state index in [4.69, 9.17) is 35.6 Å². The Labute approximate surface area is 493 Å². The fraction of sp³-hybridized carbons (Fsp3) is 0.143. The third kappa shape index (κ3) is 14.9. The van der Waals surface area contributed by atoms with E-state index in [9.17, 15) is 0 Å². The van der Waals surface area contributed by atoms with Gasteiger partial charge in [-0.15, -0.1) is 0 Å². The number of rotatable bonds is 22. The van der Waals surface area contributed by atoms with Gasteiger partial charge in [-0.3, -0.25) is 0 Å². The molecule has 8 nitrogen and oxygen atoms in total. The molecule has 0 bridgehead atoms. The Balaban J connectivity index is 0.00000264. The Morgan fingerprint density at radius 2 is 0.549 bits per heavy atom. The SMILES string of the molecule is CCC(C)(C)c1ccc(OP(Oc2ccccc2-c2ccccc2)Oc2ccccc2-c2ccccc2)c(Sc2cc(C(C)(C)CC)ccc2OP(Oc2ccccc2-c2ccccc2)Oc2ccccc2-c2ccccc2)c1.O=S=O. The number of benzene rings is 10. The minimum atomic E-state index is -2.17. The molecule has 0 spiro atoms. The van der Waals surface area contributed by atoms with E-state index >= 15 is 0 Å². The van der Waals surface area contributed by atoms with Crippen molar-refractivity contribution in [1.29, 1.82) is 0 Å². The average Bonchev–Trinajstić information content (AvgIpc) is 3.65. The van der Waals surface area contributed by atoms with E-state index in [0.29, 0.717) is 34.5 Å². The zero-order valence-electron chi connectivity index (χ0n) is 46.6. The van der Waals surface area contributed by atoms with Gasteiger partial charge in [0.05, 0.1) is 9.79 Å². The van der Waals surface area contributed by atoms with Crippen molar-refractivity contribution in [3.05, 3.63) is 266 Å². The van der Waals surface area contributed by atoms with Gasteiger partial charge in [0.25, 0.3) is 0 Å². The highest BCUT2D eigenvalue weighted by Gasteiger charge is 2.30. The molecule has 0 radical (unpaired) electrons. The van der Waals surface area contributed by atoms with Crippen molar-refractivity contribution >= 4 is 40.5 Å². The zero-order chi connectivity index (χ0) is 57.3. The molecule has 0 aliphatic heterocycles. The molecule has 0 saturated heterocycles. The molecule has 0 aliphatic carbocycles. The molecule has 0 fully saturated rings. The first kappa shape index (κ1) is 58.7. The Morgan fingerprint density at radius 3 is 0.805 bits per heavy atom. The second-order valence-corrected chi connectivity index (χ2v) is 23.6. The van der Waals surface area contributed by atoms with Gasteiger partial charge >= 0.3 is 28.8 Å². The quantitative estimate of drug-likeness (QED) is 0.0616. The summed E-state index contributed by atoms with van der Waals surface area (Å²) in [6.45, 7) is 13.6. The lowest BCUT2D eigenvalue weighted by molar-refractivity contribution is 0.385. The molecule has 10 aromatic rings. The number of hydrogen-bond acceptors (Lipinski definition) is 9. The lowest BCUT2D eigenvalue weighted by atomic mass is 9.82. The highest BCUT2D eigenvalue weighted by Crippen LogP contribution is 2.54. The standard InChI is InChI=1S/C70H64O6P2S.O2S/c1-7-69(3,4)55-45-47-65(75-77(71-61-41-25-21-37-57(61)51-29-13-9-14-30-51)72-62-42-26-22-38-58(62)52-31-15-10-16-32-52)67(49-55)79-68-50-56(70(5,6)8-2)46-48-66(68)76-78(73-63-43-27-23-39-59(63)53-33-17-11-18-34-53)74-64-44-28-24-40-60(64)54-35-19-12-20-36-54;1-3-2/h9-50H,7-8H2,1-6H3;. The molecule has 414 valence electrons. The normalized spacial score (nSPS) is 11.3. The maximum absolute atomic E-state index is 8.29. The van der Waals surface area contributed by atoms with Gasteiger partial charge in [0.1, 0.15) is 34.5 Å². The van der Waals surface area contributed by atoms with Crippen molar-refractivity contribution < 1.29 is 35.6 Å². The summed E-state index contributed by atoms with van der Waals surface area (Å²) in [7, 11) is -4.33. The predicted molar refractivity (Wildman–Crippen MR) is 338 cm³/mol. The van der Waals surface area contributed by atoms with Gasteiger partial charge in [0, 0.05) is 22.3 Å². The molecule has 0 amide bonds. The first-order chi connectivity index (χ1) is 40.0. The maximum Gasteiger partial charge on any atom is 0.530 e. The Kier molecular flexibility index (Phi) is 20.1. The molecule has 10 aromatic carbocycles. The third-order valence-corrected chi connectivity index (χ3v) is 17.5. The molecule has 12 heteroatoms. The third-order valence-electron chi connectivity index (χ3n) is 14.4. The first-order valence-electron chi connectivity index (χ1n) is 27.1.